The van der Waals surface area contributed by atoms with E-state index in [-0.39, 0.29) is 6.42 Å². The minimum atomic E-state index is -0.780. The van der Waals surface area contributed by atoms with E-state index in [9.17, 15) is 15.2 Å². The van der Waals surface area contributed by atoms with Gasteiger partial charge in [0.2, 0.25) is 0 Å². The number of carboxylic acids is 1. The summed E-state index contributed by atoms with van der Waals surface area (Å²) in [7, 11) is 1.91. The molecular formula is C16H19BrN2O2. The molecule has 0 spiro atoms. The Balaban J connectivity index is 2.43. The van der Waals surface area contributed by atoms with Crippen molar-refractivity contribution in [3.05, 3.63) is 28.2 Å². The number of carbonyl (C=O) groups is 1. The van der Waals surface area contributed by atoms with E-state index in [4.69, 9.17) is 0 Å². The first-order valence-corrected chi connectivity index (χ1v) is 7.93. The highest BCUT2D eigenvalue weighted by atomic mass is 79.9. The summed E-state index contributed by atoms with van der Waals surface area (Å²) in [4.78, 5) is 13.3. The summed E-state index contributed by atoms with van der Waals surface area (Å²) in [5, 5.41) is 18.6. The van der Waals surface area contributed by atoms with E-state index in [0.29, 0.717) is 5.56 Å². The Morgan fingerprint density at radius 3 is 2.67 bits per heavy atom. The van der Waals surface area contributed by atoms with Crippen LogP contribution in [0.15, 0.2) is 22.7 Å². The minimum Gasteiger partial charge on any atom is -0.481 e. The molecule has 1 aromatic rings. The maximum atomic E-state index is 11.3. The van der Waals surface area contributed by atoms with Crippen molar-refractivity contribution >= 4 is 27.6 Å². The Labute approximate surface area is 133 Å². The highest BCUT2D eigenvalue weighted by Crippen LogP contribution is 2.40. The number of hydrogen-bond donors (Lipinski definition) is 1. The molecule has 1 saturated carbocycles. The predicted molar refractivity (Wildman–Crippen MR) is 85.3 cm³/mol. The van der Waals surface area contributed by atoms with Gasteiger partial charge in [-0.25, -0.2) is 0 Å². The largest absolute Gasteiger partial charge is 0.481 e. The van der Waals surface area contributed by atoms with Gasteiger partial charge in [-0.3, -0.25) is 4.79 Å². The quantitative estimate of drug-likeness (QED) is 0.893. The lowest BCUT2D eigenvalue weighted by molar-refractivity contribution is -0.138. The van der Waals surface area contributed by atoms with Crippen molar-refractivity contribution in [2.75, 3.05) is 11.9 Å². The van der Waals surface area contributed by atoms with E-state index in [1.54, 1.807) is 6.07 Å². The molecule has 0 unspecified atom stereocenters. The average molecular weight is 351 g/mol. The van der Waals surface area contributed by atoms with Crippen LogP contribution in [0.25, 0.3) is 0 Å². The fourth-order valence-electron chi connectivity index (χ4n) is 3.25. The van der Waals surface area contributed by atoms with Gasteiger partial charge >= 0.3 is 5.97 Å². The molecule has 0 amide bonds. The minimum absolute atomic E-state index is 0.112. The van der Waals surface area contributed by atoms with Crippen molar-refractivity contribution in [1.82, 2.24) is 0 Å². The second kappa shape index (κ2) is 6.48. The molecule has 1 N–H and O–H groups in total. The van der Waals surface area contributed by atoms with E-state index in [1.807, 2.05) is 24.1 Å². The van der Waals surface area contributed by atoms with Crippen LogP contribution in [-0.2, 0) is 4.79 Å². The molecule has 21 heavy (non-hydrogen) atoms. The fourth-order valence-corrected chi connectivity index (χ4v) is 3.60. The molecule has 0 bridgehead atoms. The van der Waals surface area contributed by atoms with Crippen molar-refractivity contribution in [1.29, 1.82) is 5.26 Å². The normalized spacial score (nSPS) is 17.0. The topological polar surface area (TPSA) is 64.3 Å². The number of aliphatic carboxylic acids is 1. The van der Waals surface area contributed by atoms with Crippen molar-refractivity contribution in [2.24, 2.45) is 0 Å². The standard InChI is InChI=1S/C16H19BrN2O2/c1-19(14-9-13(17)6-5-12(14)11-18)16(10-15(20)21)7-3-2-4-8-16/h5-6,9H,2-4,7-8,10H2,1H3,(H,20,21). The van der Waals surface area contributed by atoms with Crippen LogP contribution in [0.3, 0.4) is 0 Å². The SMILES string of the molecule is CN(c1cc(Br)ccc1C#N)C1(CC(=O)O)CCCCC1. The molecule has 0 heterocycles. The number of carboxylic acid groups (broad SMARTS) is 1. The average Bonchev–Trinajstić information content (AvgIpc) is 2.46. The van der Waals surface area contributed by atoms with Crippen LogP contribution in [0.4, 0.5) is 5.69 Å². The zero-order valence-electron chi connectivity index (χ0n) is 12.1. The van der Waals surface area contributed by atoms with Crippen LogP contribution in [0.5, 0.6) is 0 Å². The summed E-state index contributed by atoms with van der Waals surface area (Å²) >= 11 is 3.43. The van der Waals surface area contributed by atoms with Crippen LogP contribution in [0, 0.1) is 11.3 Å². The zero-order valence-corrected chi connectivity index (χ0v) is 13.7. The molecule has 4 nitrogen and oxygen atoms in total. The van der Waals surface area contributed by atoms with Crippen molar-refractivity contribution < 1.29 is 9.90 Å². The molecule has 1 aliphatic rings. The van der Waals surface area contributed by atoms with Gasteiger partial charge in [-0.15, -0.1) is 0 Å². The Morgan fingerprint density at radius 1 is 1.43 bits per heavy atom. The summed E-state index contributed by atoms with van der Waals surface area (Å²) in [5.41, 5.74) is 0.988. The maximum Gasteiger partial charge on any atom is 0.305 e. The number of hydrogen-bond acceptors (Lipinski definition) is 3. The summed E-state index contributed by atoms with van der Waals surface area (Å²) in [6, 6.07) is 7.71. The lowest BCUT2D eigenvalue weighted by Gasteiger charge is -2.45. The summed E-state index contributed by atoms with van der Waals surface area (Å²) < 4.78 is 0.893. The summed E-state index contributed by atoms with van der Waals surface area (Å²) in [6.45, 7) is 0. The third-order valence-electron chi connectivity index (χ3n) is 4.42. The second-order valence-electron chi connectivity index (χ2n) is 5.69. The van der Waals surface area contributed by atoms with E-state index in [0.717, 1.165) is 42.3 Å². The van der Waals surface area contributed by atoms with Crippen LogP contribution < -0.4 is 4.90 Å². The van der Waals surface area contributed by atoms with Gasteiger partial charge in [-0.05, 0) is 31.0 Å². The van der Waals surface area contributed by atoms with Gasteiger partial charge in [-0.1, -0.05) is 35.2 Å². The number of rotatable bonds is 4. The van der Waals surface area contributed by atoms with Crippen LogP contribution >= 0.6 is 15.9 Å². The number of nitriles is 1. The number of nitrogens with zero attached hydrogens (tertiary/aromatic N) is 2. The number of benzene rings is 1. The fraction of sp³-hybridized carbons (Fsp3) is 0.500. The van der Waals surface area contributed by atoms with Crippen molar-refractivity contribution in [3.63, 3.8) is 0 Å². The highest BCUT2D eigenvalue weighted by molar-refractivity contribution is 9.10. The number of halogens is 1. The van der Waals surface area contributed by atoms with Crippen LogP contribution in [0.1, 0.15) is 44.1 Å². The van der Waals surface area contributed by atoms with Gasteiger partial charge in [0.15, 0.2) is 0 Å². The first kappa shape index (κ1) is 15.8. The first-order valence-electron chi connectivity index (χ1n) is 7.14. The van der Waals surface area contributed by atoms with Gasteiger partial charge in [0.1, 0.15) is 6.07 Å². The first-order chi connectivity index (χ1) is 9.98. The molecule has 0 atom stereocenters. The van der Waals surface area contributed by atoms with Gasteiger partial charge in [0, 0.05) is 11.5 Å². The molecule has 0 saturated heterocycles. The maximum absolute atomic E-state index is 11.3. The van der Waals surface area contributed by atoms with Crippen LogP contribution in [0.2, 0.25) is 0 Å². The third-order valence-corrected chi connectivity index (χ3v) is 4.91. The van der Waals surface area contributed by atoms with Crippen molar-refractivity contribution in [3.8, 4) is 6.07 Å². The smallest absolute Gasteiger partial charge is 0.305 e. The van der Waals surface area contributed by atoms with E-state index in [2.05, 4.69) is 22.0 Å². The predicted octanol–water partition coefficient (Wildman–Crippen LogP) is 3.93. The van der Waals surface area contributed by atoms with Gasteiger partial charge in [0.25, 0.3) is 0 Å². The Kier molecular flexibility index (Phi) is 4.89. The van der Waals surface area contributed by atoms with E-state index in [1.165, 1.54) is 0 Å². The molecule has 1 aromatic carbocycles. The lowest BCUT2D eigenvalue weighted by Crippen LogP contribution is -2.50. The molecule has 1 fully saturated rings. The zero-order chi connectivity index (χ0) is 15.5. The van der Waals surface area contributed by atoms with E-state index >= 15 is 0 Å². The van der Waals surface area contributed by atoms with Crippen LogP contribution in [-0.4, -0.2) is 23.7 Å². The third kappa shape index (κ3) is 3.38. The summed E-state index contributed by atoms with van der Waals surface area (Å²) in [5.74, 6) is -0.780. The van der Waals surface area contributed by atoms with Crippen molar-refractivity contribution in [2.45, 2.75) is 44.1 Å². The van der Waals surface area contributed by atoms with E-state index < -0.39 is 11.5 Å². The Morgan fingerprint density at radius 2 is 2.10 bits per heavy atom. The van der Waals surface area contributed by atoms with Gasteiger partial charge < -0.3 is 10.0 Å². The Hall–Kier alpha value is -1.54. The lowest BCUT2D eigenvalue weighted by atomic mass is 9.77. The molecular weight excluding hydrogens is 332 g/mol. The molecule has 0 aromatic heterocycles. The molecule has 112 valence electrons. The van der Waals surface area contributed by atoms with Gasteiger partial charge in [-0.2, -0.15) is 5.26 Å². The Bertz CT molecular complexity index is 574. The monoisotopic (exact) mass is 350 g/mol. The molecule has 5 heteroatoms. The highest BCUT2D eigenvalue weighted by Gasteiger charge is 2.39. The molecule has 0 aliphatic heterocycles. The summed E-state index contributed by atoms with van der Waals surface area (Å²) in [6.07, 6.45) is 5.04. The number of anilines is 1. The molecule has 2 rings (SSSR count). The molecule has 0 radical (unpaired) electrons. The second-order valence-corrected chi connectivity index (χ2v) is 6.60. The van der Waals surface area contributed by atoms with Gasteiger partial charge in [0.05, 0.1) is 23.2 Å². The molecule has 1 aliphatic carbocycles.